The largest absolute Gasteiger partial charge is 0.345 e. The average molecular weight is 297 g/mol. The molecule has 0 aliphatic heterocycles. The quantitative estimate of drug-likeness (QED) is 0.889. The Hall–Kier alpha value is -1.81. The molecule has 1 aromatic heterocycles. The molecule has 20 heavy (non-hydrogen) atoms. The second kappa shape index (κ2) is 6.09. The van der Waals surface area contributed by atoms with Gasteiger partial charge in [-0.2, -0.15) is 5.26 Å². The molecule has 0 bridgehead atoms. The summed E-state index contributed by atoms with van der Waals surface area (Å²) in [5, 5.41) is 8.15. The first kappa shape index (κ1) is 16.2. The molecule has 1 N–H and O–H groups in total. The van der Waals surface area contributed by atoms with E-state index < -0.39 is 21.2 Å². The van der Waals surface area contributed by atoms with Crippen molar-refractivity contribution < 1.29 is 13.2 Å². The first-order valence-electron chi connectivity index (χ1n) is 6.35. The van der Waals surface area contributed by atoms with Crippen LogP contribution in [0.5, 0.6) is 0 Å². The summed E-state index contributed by atoms with van der Waals surface area (Å²) in [5.74, 6) is -0.804. The number of hydrogen-bond acceptors (Lipinski definition) is 4. The molecule has 0 aromatic carbocycles. The van der Waals surface area contributed by atoms with Crippen molar-refractivity contribution in [3.63, 3.8) is 0 Å². The van der Waals surface area contributed by atoms with Gasteiger partial charge in [-0.1, -0.05) is 20.8 Å². The van der Waals surface area contributed by atoms with E-state index in [4.69, 9.17) is 5.26 Å². The van der Waals surface area contributed by atoms with Gasteiger partial charge in [0.25, 0.3) is 5.91 Å². The van der Waals surface area contributed by atoms with E-state index >= 15 is 0 Å². The third kappa shape index (κ3) is 3.39. The van der Waals surface area contributed by atoms with Crippen molar-refractivity contribution in [2.24, 2.45) is 13.0 Å². The maximum Gasteiger partial charge on any atom is 0.281 e. The summed E-state index contributed by atoms with van der Waals surface area (Å²) < 4.78 is 27.9. The average Bonchev–Trinajstić information content (AvgIpc) is 2.69. The highest BCUT2D eigenvalue weighted by Crippen LogP contribution is 2.15. The Morgan fingerprint density at radius 3 is 2.50 bits per heavy atom. The fourth-order valence-electron chi connectivity index (χ4n) is 2.16. The van der Waals surface area contributed by atoms with Gasteiger partial charge < -0.3 is 4.57 Å². The number of sulfonamides is 1. The van der Waals surface area contributed by atoms with Gasteiger partial charge in [-0.05, 0) is 18.4 Å². The van der Waals surface area contributed by atoms with Crippen LogP contribution in [0.25, 0.3) is 0 Å². The molecule has 0 saturated heterocycles. The highest BCUT2D eigenvalue weighted by molar-refractivity contribution is 7.90. The molecule has 6 nitrogen and oxygen atoms in total. The minimum absolute atomic E-state index is 0.0895. The van der Waals surface area contributed by atoms with Crippen molar-refractivity contribution in [3.8, 4) is 6.07 Å². The lowest BCUT2D eigenvalue weighted by molar-refractivity contribution is 0.0973. The van der Waals surface area contributed by atoms with Crippen LogP contribution >= 0.6 is 0 Å². The number of aromatic nitrogens is 1. The van der Waals surface area contributed by atoms with E-state index in [1.165, 1.54) is 16.8 Å². The zero-order valence-corrected chi connectivity index (χ0v) is 12.9. The molecule has 0 saturated carbocycles. The molecule has 0 radical (unpaired) electrons. The Labute approximate surface area is 119 Å². The van der Waals surface area contributed by atoms with Gasteiger partial charge in [-0.15, -0.1) is 0 Å². The fraction of sp³-hybridized carbons (Fsp3) is 0.538. The zero-order chi connectivity index (χ0) is 15.5. The van der Waals surface area contributed by atoms with Gasteiger partial charge in [0.05, 0.1) is 10.8 Å². The summed E-state index contributed by atoms with van der Waals surface area (Å²) in [6.45, 7) is 5.37. The summed E-state index contributed by atoms with van der Waals surface area (Å²) in [6.07, 6.45) is 1.90. The van der Waals surface area contributed by atoms with Crippen LogP contribution in [0, 0.1) is 17.2 Å². The van der Waals surface area contributed by atoms with Crippen molar-refractivity contribution in [1.82, 2.24) is 9.29 Å². The highest BCUT2D eigenvalue weighted by Gasteiger charge is 2.29. The summed E-state index contributed by atoms with van der Waals surface area (Å²) >= 11 is 0. The van der Waals surface area contributed by atoms with Gasteiger partial charge >= 0.3 is 0 Å². The molecule has 110 valence electrons. The maximum absolute atomic E-state index is 12.2. The topological polar surface area (TPSA) is 92.0 Å². The normalized spacial score (nSPS) is 13.0. The van der Waals surface area contributed by atoms with Crippen LogP contribution in [0.3, 0.4) is 0 Å². The molecule has 0 aliphatic rings. The van der Waals surface area contributed by atoms with Gasteiger partial charge in [-0.25, -0.2) is 13.1 Å². The number of nitrogens with zero attached hydrogens (tertiary/aromatic N) is 2. The Morgan fingerprint density at radius 2 is 2.10 bits per heavy atom. The summed E-state index contributed by atoms with van der Waals surface area (Å²) in [6, 6.07) is 3.27. The molecule has 1 rings (SSSR count). The van der Waals surface area contributed by atoms with Crippen LogP contribution in [-0.4, -0.2) is 24.1 Å². The lowest BCUT2D eigenvalue weighted by Crippen LogP contribution is -2.41. The number of aryl methyl sites for hydroxylation is 1. The first-order chi connectivity index (χ1) is 9.22. The Balaban J connectivity index is 3.00. The monoisotopic (exact) mass is 297 g/mol. The van der Waals surface area contributed by atoms with Gasteiger partial charge in [0.15, 0.2) is 0 Å². The molecule has 1 unspecified atom stereocenters. The molecule has 1 amide bonds. The molecule has 1 atom stereocenters. The minimum atomic E-state index is -3.73. The number of carbonyl (C=O) groups is 1. The minimum Gasteiger partial charge on any atom is -0.345 e. The van der Waals surface area contributed by atoms with Gasteiger partial charge in [-0.3, -0.25) is 4.79 Å². The molecule has 7 heteroatoms. The molecule has 0 spiro atoms. The van der Waals surface area contributed by atoms with Crippen LogP contribution < -0.4 is 4.72 Å². The van der Waals surface area contributed by atoms with E-state index in [0.717, 1.165) is 0 Å². The second-order valence-electron chi connectivity index (χ2n) is 5.00. The molecule has 1 aromatic rings. The van der Waals surface area contributed by atoms with Gasteiger partial charge in [0.2, 0.25) is 10.0 Å². The third-order valence-electron chi connectivity index (χ3n) is 3.15. The van der Waals surface area contributed by atoms with Crippen molar-refractivity contribution in [2.45, 2.75) is 32.4 Å². The molecule has 0 fully saturated rings. The highest BCUT2D eigenvalue weighted by atomic mass is 32.2. The summed E-state index contributed by atoms with van der Waals surface area (Å²) in [4.78, 5) is 12.0. The zero-order valence-electron chi connectivity index (χ0n) is 12.0. The predicted octanol–water partition coefficient (Wildman–Crippen LogP) is 1.39. The Kier molecular flexibility index (Phi) is 4.95. The fourth-order valence-corrected chi connectivity index (χ4v) is 3.83. The van der Waals surface area contributed by atoms with Crippen molar-refractivity contribution >= 4 is 15.9 Å². The van der Waals surface area contributed by atoms with Crippen molar-refractivity contribution in [2.75, 3.05) is 0 Å². The maximum atomic E-state index is 12.2. The standard InChI is InChI=1S/C13H19N3O3S/c1-5-12(9(2)3)20(18,19)15-13(17)11-6-10(7-14)8-16(11)4/h6,8-9,12H,5H2,1-4H3,(H,15,17). The number of amides is 1. The number of nitriles is 1. The van der Waals surface area contributed by atoms with Crippen molar-refractivity contribution in [1.29, 1.82) is 5.26 Å². The smallest absolute Gasteiger partial charge is 0.281 e. The summed E-state index contributed by atoms with van der Waals surface area (Å²) in [7, 11) is -2.14. The van der Waals surface area contributed by atoms with E-state index in [1.807, 2.05) is 6.07 Å². The lowest BCUT2D eigenvalue weighted by atomic mass is 10.1. The molecule has 0 aliphatic carbocycles. The van der Waals surface area contributed by atoms with E-state index in [9.17, 15) is 13.2 Å². The van der Waals surface area contributed by atoms with Crippen LogP contribution in [0.2, 0.25) is 0 Å². The predicted molar refractivity (Wildman–Crippen MR) is 75.4 cm³/mol. The van der Waals surface area contributed by atoms with Gasteiger partial charge in [0, 0.05) is 13.2 Å². The lowest BCUT2D eigenvalue weighted by Gasteiger charge is -2.19. The first-order valence-corrected chi connectivity index (χ1v) is 7.90. The van der Waals surface area contributed by atoms with E-state index in [2.05, 4.69) is 4.72 Å². The van der Waals surface area contributed by atoms with E-state index in [0.29, 0.717) is 12.0 Å². The van der Waals surface area contributed by atoms with Crippen LogP contribution in [-0.2, 0) is 17.1 Å². The SMILES string of the molecule is CCC(C(C)C)S(=O)(=O)NC(=O)c1cc(C#N)cn1C. The van der Waals surface area contributed by atoms with Crippen LogP contribution in [0.1, 0.15) is 43.2 Å². The van der Waals surface area contributed by atoms with Crippen LogP contribution in [0.4, 0.5) is 0 Å². The number of carbonyl (C=O) groups excluding carboxylic acids is 1. The Morgan fingerprint density at radius 1 is 1.50 bits per heavy atom. The van der Waals surface area contributed by atoms with Gasteiger partial charge in [0.1, 0.15) is 11.8 Å². The second-order valence-corrected chi connectivity index (χ2v) is 6.90. The van der Waals surface area contributed by atoms with Crippen molar-refractivity contribution in [3.05, 3.63) is 23.5 Å². The van der Waals surface area contributed by atoms with E-state index in [-0.39, 0.29) is 11.6 Å². The number of hydrogen-bond donors (Lipinski definition) is 1. The van der Waals surface area contributed by atoms with Crippen LogP contribution in [0.15, 0.2) is 12.3 Å². The molecular weight excluding hydrogens is 278 g/mol. The number of nitrogens with one attached hydrogen (secondary N) is 1. The van der Waals surface area contributed by atoms with E-state index in [1.54, 1.807) is 27.8 Å². The summed E-state index contributed by atoms with van der Waals surface area (Å²) in [5.41, 5.74) is 0.453. The Bertz CT molecular complexity index is 638. The molecule has 1 heterocycles. The number of rotatable bonds is 5. The third-order valence-corrected chi connectivity index (χ3v) is 5.29. The molecular formula is C13H19N3O3S.